The van der Waals surface area contributed by atoms with Crippen molar-refractivity contribution in [2.45, 2.75) is 12.5 Å². The number of ether oxygens (including phenoxy) is 1. The van der Waals surface area contributed by atoms with Crippen LogP contribution in [0.25, 0.3) is 108 Å². The Kier molecular flexibility index (Phi) is 6.16. The van der Waals surface area contributed by atoms with Gasteiger partial charge in [0, 0.05) is 59.3 Å². The smallest absolute Gasteiger partial charge is 0.178 e. The Labute approximate surface area is 324 Å². The van der Waals surface area contributed by atoms with Crippen LogP contribution in [0.15, 0.2) is 173 Å². The second kappa shape index (κ2) is 11.3. The molecule has 56 heavy (non-hydrogen) atoms. The Morgan fingerprint density at radius 2 is 1.04 bits per heavy atom. The number of rotatable bonds is 3. The molecule has 0 saturated heterocycles. The van der Waals surface area contributed by atoms with Crippen molar-refractivity contribution in [1.82, 2.24) is 0 Å². The van der Waals surface area contributed by atoms with E-state index in [0.717, 1.165) is 61.6 Å². The fourth-order valence-corrected chi connectivity index (χ4v) is 10.9. The summed E-state index contributed by atoms with van der Waals surface area (Å²) in [6.07, 6.45) is 0.608. The van der Waals surface area contributed by atoms with Crippen molar-refractivity contribution in [1.29, 1.82) is 0 Å². The van der Waals surface area contributed by atoms with Crippen LogP contribution in [0.1, 0.15) is 17.2 Å². The minimum absolute atomic E-state index is 0.168. The molecule has 1 unspecified atom stereocenters. The average Bonchev–Trinajstić information content (AvgIpc) is 4.04. The van der Waals surface area contributed by atoms with E-state index in [0.29, 0.717) is 0 Å². The van der Waals surface area contributed by atoms with E-state index in [1.807, 2.05) is 35.6 Å². The van der Waals surface area contributed by atoms with Crippen LogP contribution in [-0.4, -0.2) is 0 Å². The van der Waals surface area contributed by atoms with E-state index in [-0.39, 0.29) is 6.10 Å². The summed E-state index contributed by atoms with van der Waals surface area (Å²) in [7, 11) is 0. The summed E-state index contributed by atoms with van der Waals surface area (Å²) in [5, 5.41) is 11.9. The molecule has 4 heterocycles. The van der Waals surface area contributed by atoms with Gasteiger partial charge in [0.05, 0.1) is 0 Å². The lowest BCUT2D eigenvalue weighted by Gasteiger charge is -2.17. The number of para-hydroxylation sites is 2. The summed E-state index contributed by atoms with van der Waals surface area (Å²) < 4.78 is 22.5. The summed E-state index contributed by atoms with van der Waals surface area (Å²) in [4.78, 5) is 0. The molecule has 0 amide bonds. The van der Waals surface area contributed by atoms with Gasteiger partial charge in [-0.2, -0.15) is 0 Å². The fourth-order valence-electron chi connectivity index (χ4n) is 9.60. The van der Waals surface area contributed by atoms with Crippen LogP contribution < -0.4 is 4.74 Å². The molecule has 0 saturated carbocycles. The standard InChI is InChI=1S/C52H30O3S/c1-2-12-29(13-3-1)47-33-15-4-6-17-35(33)48(36-18-7-5-16-34(36)47)30-22-23-32-37-24-25-44-41(52(37)56-46(32)26-30)28-45(53-44)40-27-39-31-14-8-10-20-42(31)54-50(39)51-49(40)38-19-9-11-21-43(38)55-51/h1-27,45H,28H2. The summed E-state index contributed by atoms with van der Waals surface area (Å²) >= 11 is 1.88. The highest BCUT2D eigenvalue weighted by Gasteiger charge is 2.32. The normalized spacial score (nSPS) is 14.3. The zero-order chi connectivity index (χ0) is 36.5. The fraction of sp³-hybridized carbons (Fsp3) is 0.0385. The van der Waals surface area contributed by atoms with Crippen LogP contribution in [-0.2, 0) is 6.42 Å². The van der Waals surface area contributed by atoms with Gasteiger partial charge >= 0.3 is 0 Å². The highest BCUT2D eigenvalue weighted by molar-refractivity contribution is 7.26. The van der Waals surface area contributed by atoms with Crippen molar-refractivity contribution >= 4 is 96.9 Å². The van der Waals surface area contributed by atoms with Crippen LogP contribution in [0.4, 0.5) is 0 Å². The first-order valence-electron chi connectivity index (χ1n) is 19.2. The van der Waals surface area contributed by atoms with Crippen LogP contribution in [0.3, 0.4) is 0 Å². The number of fused-ring (bicyclic) bond motifs is 14. The Morgan fingerprint density at radius 3 is 1.77 bits per heavy atom. The maximum absolute atomic E-state index is 6.93. The summed E-state index contributed by atoms with van der Waals surface area (Å²) in [5.74, 6) is 0.959. The lowest BCUT2D eigenvalue weighted by Crippen LogP contribution is -2.03. The SMILES string of the molecule is c1ccc(-c2c3ccccc3c(-c3ccc4c(c3)sc3c5c(ccc34)OC(c3cc4c6ccccc6oc4c4oc6ccccc6c34)C5)c3ccccc23)cc1. The van der Waals surface area contributed by atoms with Crippen molar-refractivity contribution in [2.75, 3.05) is 0 Å². The molecule has 262 valence electrons. The van der Waals surface area contributed by atoms with Gasteiger partial charge in [-0.3, -0.25) is 0 Å². The van der Waals surface area contributed by atoms with Gasteiger partial charge in [0.15, 0.2) is 11.2 Å². The maximum Gasteiger partial charge on any atom is 0.178 e. The average molecular weight is 735 g/mol. The molecule has 0 bridgehead atoms. The topological polar surface area (TPSA) is 35.5 Å². The molecule has 0 N–H and O–H groups in total. The van der Waals surface area contributed by atoms with Crippen LogP contribution in [0.5, 0.6) is 5.75 Å². The molecule has 12 aromatic rings. The van der Waals surface area contributed by atoms with Gasteiger partial charge < -0.3 is 13.6 Å². The first-order valence-corrected chi connectivity index (χ1v) is 20.0. The summed E-state index contributed by atoms with van der Waals surface area (Å²) in [6, 6.07) is 58.9. The molecule has 1 aliphatic rings. The van der Waals surface area contributed by atoms with E-state index in [1.54, 1.807) is 0 Å². The van der Waals surface area contributed by atoms with E-state index in [1.165, 1.54) is 69.5 Å². The molecular formula is C52H30O3S. The van der Waals surface area contributed by atoms with Crippen LogP contribution in [0.2, 0.25) is 0 Å². The molecule has 1 aliphatic heterocycles. The Bertz CT molecular complexity index is 3550. The highest BCUT2D eigenvalue weighted by atomic mass is 32.1. The highest BCUT2D eigenvalue weighted by Crippen LogP contribution is 2.51. The van der Waals surface area contributed by atoms with Crippen LogP contribution in [0, 0.1) is 0 Å². The predicted molar refractivity (Wildman–Crippen MR) is 233 cm³/mol. The Morgan fingerprint density at radius 1 is 0.446 bits per heavy atom. The lowest BCUT2D eigenvalue weighted by atomic mass is 9.86. The minimum Gasteiger partial charge on any atom is -0.485 e. The predicted octanol–water partition coefficient (Wildman–Crippen LogP) is 15.2. The molecule has 0 fully saturated rings. The number of hydrogen-bond acceptors (Lipinski definition) is 4. The summed E-state index contributed by atoms with van der Waals surface area (Å²) in [5.41, 5.74) is 10.7. The van der Waals surface area contributed by atoms with Crippen molar-refractivity contribution in [2.24, 2.45) is 0 Å². The van der Waals surface area contributed by atoms with Gasteiger partial charge in [0.1, 0.15) is 23.0 Å². The molecule has 1 atom stereocenters. The molecule has 13 rings (SSSR count). The number of hydrogen-bond donors (Lipinski definition) is 0. The van der Waals surface area contributed by atoms with Gasteiger partial charge in [0.2, 0.25) is 0 Å². The molecule has 0 radical (unpaired) electrons. The van der Waals surface area contributed by atoms with Gasteiger partial charge in [-0.15, -0.1) is 11.3 Å². The van der Waals surface area contributed by atoms with Crippen molar-refractivity contribution in [3.63, 3.8) is 0 Å². The minimum atomic E-state index is -0.168. The van der Waals surface area contributed by atoms with E-state index < -0.39 is 0 Å². The maximum atomic E-state index is 6.93. The third-order valence-electron chi connectivity index (χ3n) is 12.0. The third kappa shape index (κ3) is 4.17. The van der Waals surface area contributed by atoms with Crippen molar-refractivity contribution in [3.8, 4) is 28.0 Å². The first kappa shape index (κ1) is 30.4. The molecule has 3 nitrogen and oxygen atoms in total. The van der Waals surface area contributed by atoms with Crippen molar-refractivity contribution in [3.05, 3.63) is 175 Å². The molecule has 0 spiro atoms. The zero-order valence-corrected chi connectivity index (χ0v) is 30.8. The summed E-state index contributed by atoms with van der Waals surface area (Å²) in [6.45, 7) is 0. The molecule has 4 heteroatoms. The molecule has 0 aliphatic carbocycles. The largest absolute Gasteiger partial charge is 0.485 e. The number of thiophene rings is 1. The van der Waals surface area contributed by atoms with E-state index in [9.17, 15) is 0 Å². The molecule has 9 aromatic carbocycles. The molecule has 3 aromatic heterocycles. The number of benzene rings is 9. The van der Waals surface area contributed by atoms with Gasteiger partial charge in [0.25, 0.3) is 0 Å². The van der Waals surface area contributed by atoms with Gasteiger partial charge in [-0.25, -0.2) is 0 Å². The van der Waals surface area contributed by atoms with E-state index in [2.05, 4.69) is 140 Å². The van der Waals surface area contributed by atoms with Crippen molar-refractivity contribution < 1.29 is 13.6 Å². The Hall–Kier alpha value is -6.88. The number of furan rings is 2. The van der Waals surface area contributed by atoms with E-state index in [4.69, 9.17) is 13.6 Å². The van der Waals surface area contributed by atoms with E-state index >= 15 is 0 Å². The zero-order valence-electron chi connectivity index (χ0n) is 30.0. The van der Waals surface area contributed by atoms with Gasteiger partial charge in [-0.1, -0.05) is 127 Å². The Balaban J connectivity index is 0.981. The lowest BCUT2D eigenvalue weighted by molar-refractivity contribution is 0.240. The second-order valence-electron chi connectivity index (χ2n) is 15.0. The monoisotopic (exact) mass is 734 g/mol. The third-order valence-corrected chi connectivity index (χ3v) is 13.2. The first-order chi connectivity index (χ1) is 27.8. The van der Waals surface area contributed by atoms with Crippen LogP contribution >= 0.6 is 11.3 Å². The second-order valence-corrected chi connectivity index (χ2v) is 16.0. The van der Waals surface area contributed by atoms with Gasteiger partial charge in [-0.05, 0) is 80.2 Å². The quantitative estimate of drug-likeness (QED) is 0.170. The molecular weight excluding hydrogens is 705 g/mol.